The lowest BCUT2D eigenvalue weighted by atomic mass is 10.1. The van der Waals surface area contributed by atoms with Gasteiger partial charge in [-0.05, 0) is 17.7 Å². The maximum Gasteiger partial charge on any atom is 0.347 e. The molecule has 2 aromatic rings. The Morgan fingerprint density at radius 1 is 1.32 bits per heavy atom. The number of carboxylic acids is 1. The molecule has 0 spiro atoms. The van der Waals surface area contributed by atoms with Crippen LogP contribution < -0.4 is 9.47 Å². The Labute approximate surface area is 114 Å². The third kappa shape index (κ3) is 3.03. The normalized spacial score (nSPS) is 10.2. The van der Waals surface area contributed by atoms with E-state index in [0.29, 0.717) is 17.9 Å². The highest BCUT2D eigenvalue weighted by atomic mass is 32.1. The van der Waals surface area contributed by atoms with Crippen LogP contribution in [0, 0.1) is 0 Å². The molecule has 100 valence electrons. The molecule has 1 heterocycles. The highest BCUT2D eigenvalue weighted by molar-refractivity contribution is 7.13. The summed E-state index contributed by atoms with van der Waals surface area (Å²) in [7, 11) is 3.16. The molecule has 0 atom stereocenters. The second-order valence-electron chi connectivity index (χ2n) is 3.79. The van der Waals surface area contributed by atoms with Crippen molar-refractivity contribution in [3.63, 3.8) is 0 Å². The van der Waals surface area contributed by atoms with Crippen LogP contribution in [-0.4, -0.2) is 30.3 Å². The number of nitrogens with zero attached hydrogens (tertiary/aromatic N) is 1. The number of ether oxygens (including phenoxy) is 2. The number of thiazole rings is 1. The molecule has 0 aliphatic rings. The van der Waals surface area contributed by atoms with Crippen molar-refractivity contribution in [2.75, 3.05) is 14.2 Å². The van der Waals surface area contributed by atoms with E-state index in [-0.39, 0.29) is 4.88 Å². The van der Waals surface area contributed by atoms with Crippen LogP contribution in [0.3, 0.4) is 0 Å². The number of aromatic carboxylic acids is 1. The van der Waals surface area contributed by atoms with Crippen molar-refractivity contribution < 1.29 is 19.4 Å². The highest BCUT2D eigenvalue weighted by Crippen LogP contribution is 2.29. The average Bonchev–Trinajstić information content (AvgIpc) is 2.87. The Hall–Kier alpha value is -2.08. The Morgan fingerprint density at radius 3 is 2.63 bits per heavy atom. The molecular weight excluding hydrogens is 266 g/mol. The van der Waals surface area contributed by atoms with Crippen LogP contribution in [-0.2, 0) is 6.42 Å². The number of hydrogen-bond acceptors (Lipinski definition) is 5. The van der Waals surface area contributed by atoms with Gasteiger partial charge in [-0.25, -0.2) is 9.78 Å². The van der Waals surface area contributed by atoms with Crippen LogP contribution in [0.4, 0.5) is 0 Å². The van der Waals surface area contributed by atoms with E-state index in [2.05, 4.69) is 4.98 Å². The molecule has 6 heteroatoms. The predicted molar refractivity (Wildman–Crippen MR) is 71.4 cm³/mol. The minimum Gasteiger partial charge on any atom is -0.493 e. The lowest BCUT2D eigenvalue weighted by Gasteiger charge is -2.08. The van der Waals surface area contributed by atoms with Gasteiger partial charge in [0.2, 0.25) is 0 Å². The van der Waals surface area contributed by atoms with Gasteiger partial charge in [-0.3, -0.25) is 0 Å². The summed E-state index contributed by atoms with van der Waals surface area (Å²) >= 11 is 1.18. The monoisotopic (exact) mass is 279 g/mol. The number of carbonyl (C=O) groups is 1. The van der Waals surface area contributed by atoms with E-state index >= 15 is 0 Å². The molecule has 0 amide bonds. The molecule has 0 radical (unpaired) electrons. The summed E-state index contributed by atoms with van der Waals surface area (Å²) in [5, 5.41) is 9.60. The van der Waals surface area contributed by atoms with Crippen LogP contribution in [0.1, 0.15) is 20.2 Å². The molecule has 2 rings (SSSR count). The highest BCUT2D eigenvalue weighted by Gasteiger charge is 2.10. The van der Waals surface area contributed by atoms with Crippen LogP contribution in [0.15, 0.2) is 24.4 Å². The first-order valence-electron chi connectivity index (χ1n) is 5.53. The zero-order valence-electron chi connectivity index (χ0n) is 10.5. The molecule has 5 nitrogen and oxygen atoms in total. The first-order chi connectivity index (χ1) is 9.13. The Balaban J connectivity index is 2.20. The van der Waals surface area contributed by atoms with E-state index < -0.39 is 5.97 Å². The molecular formula is C13H13NO4S. The van der Waals surface area contributed by atoms with Crippen LogP contribution >= 0.6 is 11.3 Å². The lowest BCUT2D eigenvalue weighted by Crippen LogP contribution is -1.93. The molecule has 1 N–H and O–H groups in total. The second-order valence-corrected chi connectivity index (χ2v) is 4.90. The first kappa shape index (κ1) is 13.4. The Morgan fingerprint density at radius 2 is 2.05 bits per heavy atom. The van der Waals surface area contributed by atoms with E-state index in [1.54, 1.807) is 14.2 Å². The molecule has 0 aliphatic heterocycles. The van der Waals surface area contributed by atoms with E-state index in [0.717, 1.165) is 10.6 Å². The summed E-state index contributed by atoms with van der Waals surface area (Å²) in [6, 6.07) is 5.59. The van der Waals surface area contributed by atoms with Crippen LogP contribution in [0.5, 0.6) is 11.5 Å². The number of rotatable bonds is 5. The first-order valence-corrected chi connectivity index (χ1v) is 6.34. The smallest absolute Gasteiger partial charge is 0.347 e. The Bertz CT molecular complexity index is 594. The number of benzene rings is 1. The SMILES string of the molecule is COc1ccc(Cc2ncc(C(=O)O)s2)cc1OC. The summed E-state index contributed by atoms with van der Waals surface area (Å²) in [6.45, 7) is 0. The third-order valence-corrected chi connectivity index (χ3v) is 3.55. The largest absolute Gasteiger partial charge is 0.493 e. The number of methoxy groups -OCH3 is 2. The molecule has 1 aromatic carbocycles. The zero-order valence-corrected chi connectivity index (χ0v) is 11.4. The van der Waals surface area contributed by atoms with Gasteiger partial charge in [0.25, 0.3) is 0 Å². The number of aromatic nitrogens is 1. The Kier molecular flexibility index (Phi) is 4.01. The van der Waals surface area contributed by atoms with Crippen molar-refractivity contribution in [1.82, 2.24) is 4.98 Å². The van der Waals surface area contributed by atoms with Gasteiger partial charge < -0.3 is 14.6 Å². The topological polar surface area (TPSA) is 68.7 Å². The molecule has 0 fully saturated rings. The van der Waals surface area contributed by atoms with Gasteiger partial charge in [0.05, 0.1) is 25.4 Å². The summed E-state index contributed by atoms with van der Waals surface area (Å²) in [5.41, 5.74) is 0.990. The van der Waals surface area contributed by atoms with Gasteiger partial charge in [-0.1, -0.05) is 6.07 Å². The molecule has 0 unspecified atom stereocenters. The molecule has 0 saturated heterocycles. The van der Waals surface area contributed by atoms with Crippen molar-refractivity contribution in [2.45, 2.75) is 6.42 Å². The van der Waals surface area contributed by atoms with Gasteiger partial charge in [0.1, 0.15) is 4.88 Å². The van der Waals surface area contributed by atoms with Gasteiger partial charge in [-0.2, -0.15) is 0 Å². The molecule has 0 bridgehead atoms. The number of carboxylic acid groups (broad SMARTS) is 1. The minimum absolute atomic E-state index is 0.246. The predicted octanol–water partition coefficient (Wildman–Crippen LogP) is 2.45. The summed E-state index contributed by atoms with van der Waals surface area (Å²) in [6.07, 6.45) is 1.95. The van der Waals surface area contributed by atoms with E-state index in [4.69, 9.17) is 14.6 Å². The third-order valence-electron chi connectivity index (χ3n) is 2.57. The van der Waals surface area contributed by atoms with Crippen LogP contribution in [0.2, 0.25) is 0 Å². The van der Waals surface area contributed by atoms with Crippen LogP contribution in [0.25, 0.3) is 0 Å². The maximum atomic E-state index is 10.8. The maximum absolute atomic E-state index is 10.8. The molecule has 0 aliphatic carbocycles. The fourth-order valence-corrected chi connectivity index (χ4v) is 2.45. The summed E-state index contributed by atoms with van der Waals surface area (Å²) in [5.74, 6) is 0.364. The van der Waals surface area contributed by atoms with Crippen molar-refractivity contribution in [1.29, 1.82) is 0 Å². The van der Waals surface area contributed by atoms with Gasteiger partial charge in [0.15, 0.2) is 11.5 Å². The van der Waals surface area contributed by atoms with E-state index in [1.165, 1.54) is 17.5 Å². The molecule has 19 heavy (non-hydrogen) atoms. The quantitative estimate of drug-likeness (QED) is 0.910. The molecule has 1 aromatic heterocycles. The van der Waals surface area contributed by atoms with Gasteiger partial charge in [0, 0.05) is 6.42 Å². The van der Waals surface area contributed by atoms with Gasteiger partial charge >= 0.3 is 5.97 Å². The van der Waals surface area contributed by atoms with E-state index in [1.807, 2.05) is 18.2 Å². The van der Waals surface area contributed by atoms with Crippen molar-refractivity contribution in [3.8, 4) is 11.5 Å². The van der Waals surface area contributed by atoms with Crippen molar-refractivity contribution >= 4 is 17.3 Å². The van der Waals surface area contributed by atoms with Gasteiger partial charge in [-0.15, -0.1) is 11.3 Å². The minimum atomic E-state index is -0.948. The van der Waals surface area contributed by atoms with Crippen molar-refractivity contribution in [2.24, 2.45) is 0 Å². The second kappa shape index (κ2) is 5.71. The number of hydrogen-bond donors (Lipinski definition) is 1. The lowest BCUT2D eigenvalue weighted by molar-refractivity contribution is 0.0702. The van der Waals surface area contributed by atoms with Crippen molar-refractivity contribution in [3.05, 3.63) is 39.8 Å². The van der Waals surface area contributed by atoms with E-state index in [9.17, 15) is 4.79 Å². The summed E-state index contributed by atoms with van der Waals surface area (Å²) in [4.78, 5) is 15.1. The fourth-order valence-electron chi connectivity index (χ4n) is 1.66. The zero-order chi connectivity index (χ0) is 13.8. The summed E-state index contributed by atoms with van der Waals surface area (Å²) < 4.78 is 10.4. The molecule has 0 saturated carbocycles. The average molecular weight is 279 g/mol. The standard InChI is InChI=1S/C13H13NO4S/c1-17-9-4-3-8(5-10(9)18-2)6-12-14-7-11(19-12)13(15)16/h3-5,7H,6H2,1-2H3,(H,15,16). The fraction of sp³-hybridized carbons (Fsp3) is 0.231.